The Balaban J connectivity index is 1.63. The number of methoxy groups -OCH3 is 1. The zero-order valence-corrected chi connectivity index (χ0v) is 15.5. The lowest BCUT2D eigenvalue weighted by Gasteiger charge is -2.31. The Bertz CT molecular complexity index is 883. The van der Waals surface area contributed by atoms with Gasteiger partial charge >= 0.3 is 5.97 Å². The van der Waals surface area contributed by atoms with Crippen LogP contribution in [0.25, 0.3) is 10.9 Å². The van der Waals surface area contributed by atoms with Gasteiger partial charge in [0.15, 0.2) is 0 Å². The Kier molecular flexibility index (Phi) is 4.72. The summed E-state index contributed by atoms with van der Waals surface area (Å²) in [6, 6.07) is 7.61. The highest BCUT2D eigenvalue weighted by Crippen LogP contribution is 2.40. The van der Waals surface area contributed by atoms with E-state index < -0.39 is 5.97 Å². The van der Waals surface area contributed by atoms with E-state index in [1.807, 2.05) is 29.2 Å². The average Bonchev–Trinajstić information content (AvgIpc) is 3.51. The Labute approximate surface area is 158 Å². The number of likely N-dealkylation sites (tertiary alicyclic amines) is 1. The maximum atomic E-state index is 13.3. The van der Waals surface area contributed by atoms with Gasteiger partial charge in [-0.2, -0.15) is 0 Å². The van der Waals surface area contributed by atoms with Gasteiger partial charge in [-0.3, -0.25) is 14.6 Å². The first-order valence-corrected chi connectivity index (χ1v) is 9.55. The number of nitrogens with zero attached hydrogens (tertiary/aromatic N) is 2. The summed E-state index contributed by atoms with van der Waals surface area (Å²) in [6.45, 7) is 1.20. The van der Waals surface area contributed by atoms with E-state index in [1.165, 1.54) is 0 Å². The molecule has 2 aliphatic rings. The lowest BCUT2D eigenvalue weighted by Crippen LogP contribution is -2.39. The second-order valence-corrected chi connectivity index (χ2v) is 7.59. The number of benzene rings is 1. The number of pyridine rings is 1. The Morgan fingerprint density at radius 3 is 2.56 bits per heavy atom. The molecule has 2 aromatic rings. The Morgan fingerprint density at radius 1 is 1.19 bits per heavy atom. The van der Waals surface area contributed by atoms with Crippen molar-refractivity contribution in [3.8, 4) is 5.75 Å². The second-order valence-electron chi connectivity index (χ2n) is 7.59. The fourth-order valence-electron chi connectivity index (χ4n) is 3.87. The number of piperidine rings is 1. The van der Waals surface area contributed by atoms with Crippen LogP contribution < -0.4 is 4.74 Å². The molecule has 4 rings (SSSR count). The summed E-state index contributed by atoms with van der Waals surface area (Å²) in [5.41, 5.74) is 2.50. The summed E-state index contributed by atoms with van der Waals surface area (Å²) in [4.78, 5) is 30.8. The van der Waals surface area contributed by atoms with E-state index in [9.17, 15) is 9.59 Å². The number of ether oxygens (including phenoxy) is 1. The summed E-state index contributed by atoms with van der Waals surface area (Å²) in [6.07, 6.45) is 3.91. The maximum Gasteiger partial charge on any atom is 0.303 e. The van der Waals surface area contributed by atoms with Gasteiger partial charge in [0.25, 0.3) is 5.91 Å². The normalized spacial score (nSPS) is 17.9. The van der Waals surface area contributed by atoms with Gasteiger partial charge in [0.2, 0.25) is 0 Å². The highest BCUT2D eigenvalue weighted by Gasteiger charge is 2.30. The molecule has 0 bridgehead atoms. The van der Waals surface area contributed by atoms with Crippen LogP contribution in [0.3, 0.4) is 0 Å². The van der Waals surface area contributed by atoms with Crippen LogP contribution in [0.2, 0.25) is 0 Å². The number of amides is 1. The molecule has 2 fully saturated rings. The highest BCUT2D eigenvalue weighted by molar-refractivity contribution is 6.06. The quantitative estimate of drug-likeness (QED) is 0.874. The minimum absolute atomic E-state index is 0.00586. The fraction of sp³-hybridized carbons (Fsp3) is 0.476. The molecule has 1 aliphatic heterocycles. The van der Waals surface area contributed by atoms with Gasteiger partial charge in [0, 0.05) is 36.5 Å². The van der Waals surface area contributed by atoms with Crippen molar-refractivity contribution in [2.24, 2.45) is 5.92 Å². The van der Waals surface area contributed by atoms with E-state index in [-0.39, 0.29) is 18.2 Å². The third kappa shape index (κ3) is 3.75. The number of carboxylic acid groups (broad SMARTS) is 1. The molecule has 6 heteroatoms. The third-order valence-electron chi connectivity index (χ3n) is 5.63. The first-order valence-electron chi connectivity index (χ1n) is 9.55. The number of carboxylic acids is 1. The molecule has 0 spiro atoms. The number of carbonyl (C=O) groups is 2. The summed E-state index contributed by atoms with van der Waals surface area (Å²) < 4.78 is 5.34. The lowest BCUT2D eigenvalue weighted by molar-refractivity contribution is -0.138. The number of carbonyl (C=O) groups excluding carboxylic acids is 1. The van der Waals surface area contributed by atoms with Crippen LogP contribution in [0.1, 0.15) is 54.1 Å². The van der Waals surface area contributed by atoms with Gasteiger partial charge in [0.05, 0.1) is 18.2 Å². The van der Waals surface area contributed by atoms with Crippen LogP contribution in [0.15, 0.2) is 24.3 Å². The number of aliphatic carboxylic acids is 1. The van der Waals surface area contributed by atoms with Crippen molar-refractivity contribution in [1.29, 1.82) is 0 Å². The standard InChI is InChI=1S/C21H24N2O4/c1-27-15-4-5-18-16(11-15)17(12-19(22-18)14-2-3-14)21(26)23-8-6-13(7-9-23)10-20(24)25/h4-5,11-14H,2-3,6-10H2,1H3,(H,24,25). The van der Waals surface area contributed by atoms with Crippen LogP contribution in [0, 0.1) is 5.92 Å². The van der Waals surface area contributed by atoms with Gasteiger partial charge in [-0.25, -0.2) is 0 Å². The summed E-state index contributed by atoms with van der Waals surface area (Å²) in [5.74, 6) is 0.567. The molecule has 6 nitrogen and oxygen atoms in total. The SMILES string of the molecule is COc1ccc2nc(C3CC3)cc(C(=O)N3CCC(CC(=O)O)CC3)c2c1. The average molecular weight is 368 g/mol. The zero-order valence-electron chi connectivity index (χ0n) is 15.5. The van der Waals surface area contributed by atoms with Crippen molar-refractivity contribution in [2.45, 2.75) is 38.0 Å². The molecule has 27 heavy (non-hydrogen) atoms. The first-order chi connectivity index (χ1) is 13.0. The smallest absolute Gasteiger partial charge is 0.303 e. The molecular formula is C21H24N2O4. The van der Waals surface area contributed by atoms with E-state index >= 15 is 0 Å². The van der Waals surface area contributed by atoms with Crippen molar-refractivity contribution >= 4 is 22.8 Å². The van der Waals surface area contributed by atoms with Gasteiger partial charge < -0.3 is 14.7 Å². The van der Waals surface area contributed by atoms with Crippen molar-refractivity contribution < 1.29 is 19.4 Å². The van der Waals surface area contributed by atoms with Crippen LogP contribution in [-0.4, -0.2) is 47.1 Å². The maximum absolute atomic E-state index is 13.3. The summed E-state index contributed by atoms with van der Waals surface area (Å²) in [7, 11) is 1.61. The van der Waals surface area contributed by atoms with Crippen LogP contribution >= 0.6 is 0 Å². The molecule has 0 atom stereocenters. The lowest BCUT2D eigenvalue weighted by atomic mass is 9.93. The fourth-order valence-corrected chi connectivity index (χ4v) is 3.87. The molecule has 2 heterocycles. The predicted molar refractivity (Wildman–Crippen MR) is 101 cm³/mol. The number of fused-ring (bicyclic) bond motifs is 1. The van der Waals surface area contributed by atoms with Gasteiger partial charge in [-0.05, 0) is 55.9 Å². The van der Waals surface area contributed by atoms with E-state index in [4.69, 9.17) is 14.8 Å². The molecule has 142 valence electrons. The number of rotatable bonds is 5. The highest BCUT2D eigenvalue weighted by atomic mass is 16.5. The number of hydrogen-bond acceptors (Lipinski definition) is 4. The van der Waals surface area contributed by atoms with Crippen LogP contribution in [0.4, 0.5) is 0 Å². The Morgan fingerprint density at radius 2 is 1.93 bits per heavy atom. The summed E-state index contributed by atoms with van der Waals surface area (Å²) >= 11 is 0. The van der Waals surface area contributed by atoms with E-state index in [1.54, 1.807) is 7.11 Å². The molecule has 1 aromatic heterocycles. The topological polar surface area (TPSA) is 79.7 Å². The minimum atomic E-state index is -0.763. The zero-order chi connectivity index (χ0) is 19.0. The van der Waals surface area contributed by atoms with Gasteiger partial charge in [-0.1, -0.05) is 0 Å². The number of hydrogen-bond donors (Lipinski definition) is 1. The van der Waals surface area contributed by atoms with Crippen LogP contribution in [0.5, 0.6) is 5.75 Å². The van der Waals surface area contributed by atoms with E-state index in [2.05, 4.69) is 0 Å². The molecule has 1 N–H and O–H groups in total. The molecule has 0 unspecified atom stereocenters. The molecule has 1 saturated carbocycles. The van der Waals surface area contributed by atoms with E-state index in [0.717, 1.165) is 42.3 Å². The van der Waals surface area contributed by atoms with E-state index in [0.29, 0.717) is 30.3 Å². The predicted octanol–water partition coefficient (Wildman–Crippen LogP) is 3.45. The molecule has 1 aromatic carbocycles. The second kappa shape index (κ2) is 7.18. The minimum Gasteiger partial charge on any atom is -0.497 e. The summed E-state index contributed by atoms with van der Waals surface area (Å²) in [5, 5.41) is 9.79. The molecular weight excluding hydrogens is 344 g/mol. The Hall–Kier alpha value is -2.63. The first kappa shape index (κ1) is 17.8. The largest absolute Gasteiger partial charge is 0.497 e. The number of aromatic nitrogens is 1. The van der Waals surface area contributed by atoms with Crippen LogP contribution in [-0.2, 0) is 4.79 Å². The van der Waals surface area contributed by atoms with Gasteiger partial charge in [0.1, 0.15) is 5.75 Å². The van der Waals surface area contributed by atoms with Crippen molar-refractivity contribution in [3.63, 3.8) is 0 Å². The molecule has 1 amide bonds. The monoisotopic (exact) mass is 368 g/mol. The van der Waals surface area contributed by atoms with Gasteiger partial charge in [-0.15, -0.1) is 0 Å². The molecule has 0 radical (unpaired) electrons. The van der Waals surface area contributed by atoms with Crippen molar-refractivity contribution in [2.75, 3.05) is 20.2 Å². The molecule has 1 aliphatic carbocycles. The van der Waals surface area contributed by atoms with Crippen molar-refractivity contribution in [1.82, 2.24) is 9.88 Å². The van der Waals surface area contributed by atoms with Crippen molar-refractivity contribution in [3.05, 3.63) is 35.5 Å². The molecule has 1 saturated heterocycles. The third-order valence-corrected chi connectivity index (χ3v) is 5.63.